The highest BCUT2D eigenvalue weighted by Gasteiger charge is 2.25. The maximum absolute atomic E-state index is 16.1. The van der Waals surface area contributed by atoms with Gasteiger partial charge in [-0.1, -0.05) is 6.42 Å². The first kappa shape index (κ1) is 22.3. The highest BCUT2D eigenvalue weighted by atomic mass is 19.1. The zero-order valence-corrected chi connectivity index (χ0v) is 20.4. The van der Waals surface area contributed by atoms with E-state index in [1.807, 2.05) is 19.2 Å². The van der Waals surface area contributed by atoms with Gasteiger partial charge in [-0.15, -0.1) is 0 Å². The van der Waals surface area contributed by atoms with Crippen LogP contribution in [0.25, 0.3) is 50.4 Å². The Morgan fingerprint density at radius 1 is 1.16 bits per heavy atom. The van der Waals surface area contributed by atoms with Gasteiger partial charge in [0.05, 0.1) is 34.0 Å². The van der Waals surface area contributed by atoms with Crippen LogP contribution in [0.15, 0.2) is 55.4 Å². The second-order valence-corrected chi connectivity index (χ2v) is 9.54. The lowest BCUT2D eigenvalue weighted by molar-refractivity contribution is -0.122. The molecule has 188 valence electrons. The Morgan fingerprint density at radius 2 is 2.05 bits per heavy atom. The maximum Gasteiger partial charge on any atom is 0.227 e. The molecule has 1 saturated carbocycles. The largest absolute Gasteiger partial charge is 0.336 e. The molecule has 0 unspecified atom stereocenters. The van der Waals surface area contributed by atoms with Gasteiger partial charge in [0.2, 0.25) is 5.91 Å². The van der Waals surface area contributed by atoms with Gasteiger partial charge in [0, 0.05) is 35.6 Å². The van der Waals surface area contributed by atoms with Crippen molar-refractivity contribution in [2.75, 3.05) is 5.32 Å². The van der Waals surface area contributed by atoms with Gasteiger partial charge in [-0.2, -0.15) is 5.10 Å². The molecule has 0 radical (unpaired) electrons. The third-order valence-corrected chi connectivity index (χ3v) is 7.02. The van der Waals surface area contributed by atoms with Crippen molar-refractivity contribution in [3.63, 3.8) is 0 Å². The van der Waals surface area contributed by atoms with Crippen molar-refractivity contribution in [1.29, 1.82) is 0 Å². The quantitative estimate of drug-likeness (QED) is 0.303. The number of H-pyrrole nitrogens is 2. The molecule has 1 aromatic carbocycles. The zero-order chi connectivity index (χ0) is 25.8. The predicted octanol–water partition coefficient (Wildman–Crippen LogP) is 4.94. The van der Waals surface area contributed by atoms with Crippen LogP contribution in [-0.2, 0) is 4.79 Å². The van der Waals surface area contributed by atoms with Gasteiger partial charge in [-0.25, -0.2) is 19.3 Å². The summed E-state index contributed by atoms with van der Waals surface area (Å²) in [7, 11) is 0. The summed E-state index contributed by atoms with van der Waals surface area (Å²) in [6.07, 6.45) is 11.2. The van der Waals surface area contributed by atoms with Crippen LogP contribution in [0.5, 0.6) is 0 Å². The normalized spacial score (nSPS) is 13.7. The predicted molar refractivity (Wildman–Crippen MR) is 140 cm³/mol. The molecule has 11 heteroatoms. The first-order valence-corrected chi connectivity index (χ1v) is 12.3. The van der Waals surface area contributed by atoms with Crippen molar-refractivity contribution in [3.05, 3.63) is 66.9 Å². The maximum atomic E-state index is 16.1. The van der Waals surface area contributed by atoms with Crippen LogP contribution >= 0.6 is 0 Å². The molecule has 3 N–H and O–H groups in total. The average molecular weight is 508 g/mol. The Hall–Kier alpha value is -4.93. The van der Waals surface area contributed by atoms with Crippen molar-refractivity contribution >= 4 is 33.5 Å². The first-order chi connectivity index (χ1) is 18.5. The van der Waals surface area contributed by atoms with Crippen LogP contribution in [0.3, 0.4) is 0 Å². The smallest absolute Gasteiger partial charge is 0.227 e. The number of nitrogens with one attached hydrogen (secondary N) is 3. The van der Waals surface area contributed by atoms with Crippen LogP contribution in [0, 0.1) is 18.7 Å². The molecular formula is C27H22FN9O. The molecule has 1 fully saturated rings. The number of pyridine rings is 2. The van der Waals surface area contributed by atoms with Crippen LogP contribution in [0.4, 0.5) is 10.1 Å². The molecule has 0 atom stereocenters. The number of hydrogen-bond donors (Lipinski definition) is 3. The minimum Gasteiger partial charge on any atom is -0.336 e. The highest BCUT2D eigenvalue weighted by molar-refractivity contribution is 5.97. The number of amides is 1. The summed E-state index contributed by atoms with van der Waals surface area (Å²) >= 11 is 0. The van der Waals surface area contributed by atoms with Gasteiger partial charge in [-0.3, -0.25) is 19.4 Å². The minimum absolute atomic E-state index is 0.0205. The Labute approximate surface area is 215 Å². The number of fused-ring (bicyclic) bond motifs is 2. The summed E-state index contributed by atoms with van der Waals surface area (Å²) in [4.78, 5) is 33.4. The van der Waals surface area contributed by atoms with Gasteiger partial charge < -0.3 is 10.3 Å². The second kappa shape index (κ2) is 8.58. The zero-order valence-electron chi connectivity index (χ0n) is 20.4. The van der Waals surface area contributed by atoms with Crippen LogP contribution in [-0.4, -0.2) is 45.6 Å². The lowest BCUT2D eigenvalue weighted by Gasteiger charge is -2.24. The van der Waals surface area contributed by atoms with Gasteiger partial charge in [0.15, 0.2) is 11.6 Å². The van der Waals surface area contributed by atoms with Gasteiger partial charge in [0.1, 0.15) is 23.4 Å². The molecule has 0 bridgehead atoms. The highest BCUT2D eigenvalue weighted by Crippen LogP contribution is 2.35. The lowest BCUT2D eigenvalue weighted by Crippen LogP contribution is -2.28. The molecule has 0 aliphatic heterocycles. The van der Waals surface area contributed by atoms with E-state index in [4.69, 9.17) is 4.98 Å². The number of rotatable bonds is 5. The van der Waals surface area contributed by atoms with E-state index in [0.717, 1.165) is 30.5 Å². The summed E-state index contributed by atoms with van der Waals surface area (Å²) in [5.41, 5.74) is 4.54. The number of carbonyl (C=O) groups excluding carboxylic acids is 1. The van der Waals surface area contributed by atoms with E-state index >= 15 is 4.39 Å². The van der Waals surface area contributed by atoms with E-state index in [0.29, 0.717) is 50.6 Å². The fourth-order valence-corrected chi connectivity index (χ4v) is 4.80. The van der Waals surface area contributed by atoms with Gasteiger partial charge in [-0.05, 0) is 44.0 Å². The Kier molecular flexibility index (Phi) is 5.03. The number of benzene rings is 1. The molecule has 1 aliphatic rings. The molecule has 0 spiro atoms. The van der Waals surface area contributed by atoms with E-state index < -0.39 is 5.82 Å². The monoisotopic (exact) mass is 507 g/mol. The molecule has 0 saturated heterocycles. The van der Waals surface area contributed by atoms with Crippen molar-refractivity contribution < 1.29 is 9.18 Å². The van der Waals surface area contributed by atoms with Crippen molar-refractivity contribution in [1.82, 2.24) is 39.7 Å². The molecule has 38 heavy (non-hydrogen) atoms. The van der Waals surface area contributed by atoms with Crippen molar-refractivity contribution in [2.24, 2.45) is 5.92 Å². The van der Waals surface area contributed by atoms with E-state index in [2.05, 4.69) is 35.5 Å². The number of hydrogen-bond acceptors (Lipinski definition) is 6. The molecule has 6 aromatic rings. The van der Waals surface area contributed by atoms with Crippen molar-refractivity contribution in [2.45, 2.75) is 26.2 Å². The number of carbonyl (C=O) groups is 1. The van der Waals surface area contributed by atoms with Crippen LogP contribution in [0.2, 0.25) is 0 Å². The summed E-state index contributed by atoms with van der Waals surface area (Å²) in [5.74, 6) is 0.580. The lowest BCUT2D eigenvalue weighted by atomic mass is 9.85. The third kappa shape index (κ3) is 3.62. The molecular weight excluding hydrogens is 485 g/mol. The Morgan fingerprint density at radius 3 is 2.84 bits per heavy atom. The number of aryl methyl sites for hydroxylation is 1. The topological polar surface area (TPSA) is 130 Å². The number of anilines is 1. The SMILES string of the molecule is Cc1cn(-c2nccc3[nH]c(-c4n[nH]c5ccc(-c6cncc(NC(=O)C7CCC7)c6)c(F)c45)nc23)cn1. The van der Waals surface area contributed by atoms with Gasteiger partial charge >= 0.3 is 0 Å². The molecule has 7 rings (SSSR count). The Bertz CT molecular complexity index is 1850. The van der Waals surface area contributed by atoms with E-state index in [1.165, 1.54) is 0 Å². The van der Waals surface area contributed by atoms with Crippen LogP contribution < -0.4 is 5.32 Å². The van der Waals surface area contributed by atoms with E-state index in [-0.39, 0.29) is 11.8 Å². The fourth-order valence-electron chi connectivity index (χ4n) is 4.80. The Balaban J connectivity index is 1.30. The average Bonchev–Trinajstić information content (AvgIpc) is 3.61. The molecule has 1 aliphatic carbocycles. The number of aromatic amines is 2. The number of halogens is 1. The standard InChI is InChI=1S/C27H22FN9O/c1-14-12-37(13-31-14)26-23-20(7-8-30-26)33-25(34-23)24-21-19(35-36-24)6-5-18(22(21)28)16-9-17(11-29-10-16)32-27(38)15-3-2-4-15/h5-13,15H,2-4H2,1H3,(H,32,38)(H,33,34)(H,35,36). The molecule has 10 nitrogen and oxygen atoms in total. The molecule has 1 amide bonds. The summed E-state index contributed by atoms with van der Waals surface area (Å²) in [5, 5.41) is 10.5. The van der Waals surface area contributed by atoms with Crippen molar-refractivity contribution in [3.8, 4) is 28.5 Å². The number of aromatic nitrogens is 8. The minimum atomic E-state index is -0.459. The second-order valence-electron chi connectivity index (χ2n) is 9.54. The van der Waals surface area contributed by atoms with E-state index in [9.17, 15) is 4.79 Å². The van der Waals surface area contributed by atoms with Crippen LogP contribution in [0.1, 0.15) is 25.0 Å². The fraction of sp³-hybridized carbons (Fsp3) is 0.185. The summed E-state index contributed by atoms with van der Waals surface area (Å²) in [6.45, 7) is 1.90. The molecule has 5 aromatic heterocycles. The number of nitrogens with zero attached hydrogens (tertiary/aromatic N) is 6. The number of imidazole rings is 2. The summed E-state index contributed by atoms with van der Waals surface area (Å²) < 4.78 is 17.9. The van der Waals surface area contributed by atoms with E-state index in [1.54, 1.807) is 47.7 Å². The first-order valence-electron chi connectivity index (χ1n) is 12.3. The third-order valence-electron chi connectivity index (χ3n) is 7.02. The summed E-state index contributed by atoms with van der Waals surface area (Å²) in [6, 6.07) is 6.99. The molecule has 5 heterocycles. The van der Waals surface area contributed by atoms with Gasteiger partial charge in [0.25, 0.3) is 0 Å².